The van der Waals surface area contributed by atoms with Gasteiger partial charge in [0.1, 0.15) is 11.8 Å². The van der Waals surface area contributed by atoms with Crippen molar-refractivity contribution < 1.29 is 19.1 Å². The summed E-state index contributed by atoms with van der Waals surface area (Å²) in [6.45, 7) is 0.403. The van der Waals surface area contributed by atoms with Gasteiger partial charge in [-0.25, -0.2) is 0 Å². The molecule has 1 fully saturated rings. The third kappa shape index (κ3) is 4.29. The summed E-state index contributed by atoms with van der Waals surface area (Å²) in [6, 6.07) is 14.5. The van der Waals surface area contributed by atoms with Gasteiger partial charge in [0.05, 0.1) is 7.11 Å². The zero-order valence-corrected chi connectivity index (χ0v) is 14.0. The van der Waals surface area contributed by atoms with Crippen LogP contribution in [0.3, 0.4) is 0 Å². The van der Waals surface area contributed by atoms with E-state index in [0.29, 0.717) is 36.6 Å². The molecule has 25 heavy (non-hydrogen) atoms. The van der Waals surface area contributed by atoms with Crippen LogP contribution in [0, 0.1) is 0 Å². The molecule has 0 saturated carbocycles. The van der Waals surface area contributed by atoms with Gasteiger partial charge in [-0.3, -0.25) is 9.59 Å². The van der Waals surface area contributed by atoms with Crippen LogP contribution in [0.4, 0.5) is 0 Å². The predicted octanol–water partition coefficient (Wildman–Crippen LogP) is 2.38. The largest absolute Gasteiger partial charge is 0.493 e. The molecule has 0 aromatic heterocycles. The number of nitrogens with one attached hydrogen (secondary N) is 2. The van der Waals surface area contributed by atoms with Crippen molar-refractivity contribution in [2.45, 2.75) is 25.4 Å². The molecule has 6 heteroatoms. The van der Waals surface area contributed by atoms with E-state index in [9.17, 15) is 9.59 Å². The van der Waals surface area contributed by atoms with Crippen molar-refractivity contribution in [3.63, 3.8) is 0 Å². The zero-order valence-electron chi connectivity index (χ0n) is 14.0. The normalized spacial score (nSPS) is 16.2. The number of benzene rings is 2. The van der Waals surface area contributed by atoms with E-state index >= 15 is 0 Å². The number of hydrogen-bond donors (Lipinski definition) is 2. The molecule has 6 nitrogen and oxygen atoms in total. The van der Waals surface area contributed by atoms with Crippen LogP contribution in [-0.2, 0) is 16.1 Å². The van der Waals surface area contributed by atoms with Crippen molar-refractivity contribution in [1.82, 2.24) is 10.6 Å². The van der Waals surface area contributed by atoms with E-state index in [1.54, 1.807) is 7.11 Å². The number of amides is 2. The number of methoxy groups -OCH3 is 1. The molecule has 130 valence electrons. The molecular formula is C19H20N2O4. The van der Waals surface area contributed by atoms with E-state index in [1.165, 1.54) is 0 Å². The number of hydrogen-bond acceptors (Lipinski definition) is 4. The van der Waals surface area contributed by atoms with E-state index in [2.05, 4.69) is 10.6 Å². The molecule has 2 amide bonds. The Bertz CT molecular complexity index is 758. The fraction of sp³-hybridized carbons (Fsp3) is 0.263. The molecule has 0 spiro atoms. The lowest BCUT2D eigenvalue weighted by molar-refractivity contribution is -0.125. The van der Waals surface area contributed by atoms with Crippen molar-refractivity contribution in [2.75, 3.05) is 7.11 Å². The Morgan fingerprint density at radius 3 is 2.52 bits per heavy atom. The van der Waals surface area contributed by atoms with E-state index in [-0.39, 0.29) is 11.8 Å². The van der Waals surface area contributed by atoms with Gasteiger partial charge in [0.25, 0.3) is 0 Å². The summed E-state index contributed by atoms with van der Waals surface area (Å²) >= 11 is 0. The Morgan fingerprint density at radius 1 is 1.16 bits per heavy atom. The highest BCUT2D eigenvalue weighted by molar-refractivity contribution is 5.90. The Hall–Kier alpha value is -3.02. The number of para-hydroxylation sites is 2. The minimum absolute atomic E-state index is 0.0713. The molecule has 2 aromatic carbocycles. The lowest BCUT2D eigenvalue weighted by Crippen LogP contribution is -2.41. The highest BCUT2D eigenvalue weighted by atomic mass is 16.5. The Morgan fingerprint density at radius 2 is 1.88 bits per heavy atom. The van der Waals surface area contributed by atoms with Crippen LogP contribution >= 0.6 is 0 Å². The topological polar surface area (TPSA) is 76.7 Å². The summed E-state index contributed by atoms with van der Waals surface area (Å²) in [5.41, 5.74) is 0.949. The quantitative estimate of drug-likeness (QED) is 0.846. The highest BCUT2D eigenvalue weighted by Gasteiger charge is 2.26. The van der Waals surface area contributed by atoms with Gasteiger partial charge >= 0.3 is 0 Å². The maximum absolute atomic E-state index is 12.0. The average Bonchev–Trinajstić information content (AvgIpc) is 3.08. The molecule has 2 N–H and O–H groups in total. The molecule has 0 radical (unpaired) electrons. The summed E-state index contributed by atoms with van der Waals surface area (Å²) in [4.78, 5) is 23.1. The molecule has 1 saturated heterocycles. The molecule has 0 unspecified atom stereocenters. The van der Waals surface area contributed by atoms with E-state index in [1.807, 2.05) is 48.5 Å². The van der Waals surface area contributed by atoms with E-state index in [0.717, 1.165) is 5.56 Å². The fourth-order valence-corrected chi connectivity index (χ4v) is 2.63. The SMILES string of the molecule is COc1ccccc1Oc1ccc(CNC(=O)[C@H]2CCC(=O)N2)cc1. The second-order valence-corrected chi connectivity index (χ2v) is 5.77. The monoisotopic (exact) mass is 340 g/mol. The smallest absolute Gasteiger partial charge is 0.242 e. The Kier molecular flexibility index (Phi) is 5.18. The lowest BCUT2D eigenvalue weighted by atomic mass is 10.2. The average molecular weight is 340 g/mol. The van der Waals surface area contributed by atoms with Crippen LogP contribution in [0.2, 0.25) is 0 Å². The standard InChI is InChI=1S/C19H20N2O4/c1-24-16-4-2-3-5-17(16)25-14-8-6-13(7-9-14)12-20-19(23)15-10-11-18(22)21-15/h2-9,15H,10-12H2,1H3,(H,20,23)(H,21,22)/t15-/m1/s1. The number of carbonyl (C=O) groups is 2. The van der Waals surface area contributed by atoms with Gasteiger partial charge < -0.3 is 20.1 Å². The second kappa shape index (κ2) is 7.70. The van der Waals surface area contributed by atoms with Crippen molar-refractivity contribution in [2.24, 2.45) is 0 Å². The number of rotatable bonds is 6. The van der Waals surface area contributed by atoms with Gasteiger partial charge in [0, 0.05) is 13.0 Å². The summed E-state index contributed by atoms with van der Waals surface area (Å²) < 4.78 is 11.1. The molecule has 1 aliphatic rings. The first-order chi connectivity index (χ1) is 12.2. The highest BCUT2D eigenvalue weighted by Crippen LogP contribution is 2.30. The molecule has 1 heterocycles. The van der Waals surface area contributed by atoms with Crippen molar-refractivity contribution in [1.29, 1.82) is 0 Å². The van der Waals surface area contributed by atoms with Gasteiger partial charge in [-0.2, -0.15) is 0 Å². The van der Waals surface area contributed by atoms with Crippen LogP contribution in [0.25, 0.3) is 0 Å². The van der Waals surface area contributed by atoms with Crippen molar-refractivity contribution in [3.8, 4) is 17.2 Å². The van der Waals surface area contributed by atoms with Crippen LogP contribution < -0.4 is 20.1 Å². The third-order valence-corrected chi connectivity index (χ3v) is 4.00. The van der Waals surface area contributed by atoms with Gasteiger partial charge in [-0.1, -0.05) is 24.3 Å². The van der Waals surface area contributed by atoms with Crippen LogP contribution in [0.5, 0.6) is 17.2 Å². The zero-order chi connectivity index (χ0) is 17.6. The van der Waals surface area contributed by atoms with Crippen LogP contribution in [0.1, 0.15) is 18.4 Å². The van der Waals surface area contributed by atoms with Crippen LogP contribution in [-0.4, -0.2) is 25.0 Å². The number of ether oxygens (including phenoxy) is 2. The summed E-state index contributed by atoms with van der Waals surface area (Å²) in [6.07, 6.45) is 0.962. The number of carbonyl (C=O) groups excluding carboxylic acids is 2. The van der Waals surface area contributed by atoms with E-state index < -0.39 is 6.04 Å². The fourth-order valence-electron chi connectivity index (χ4n) is 2.63. The molecule has 1 aliphatic heterocycles. The van der Waals surface area contributed by atoms with Gasteiger partial charge in [-0.05, 0) is 36.2 Å². The second-order valence-electron chi connectivity index (χ2n) is 5.77. The molecule has 0 bridgehead atoms. The van der Waals surface area contributed by atoms with Crippen molar-refractivity contribution >= 4 is 11.8 Å². The van der Waals surface area contributed by atoms with Crippen molar-refractivity contribution in [3.05, 3.63) is 54.1 Å². The summed E-state index contributed by atoms with van der Waals surface area (Å²) in [5, 5.41) is 5.49. The first-order valence-electron chi connectivity index (χ1n) is 8.12. The van der Waals surface area contributed by atoms with Gasteiger partial charge in [0.15, 0.2) is 11.5 Å². The molecule has 1 atom stereocenters. The van der Waals surface area contributed by atoms with Crippen LogP contribution in [0.15, 0.2) is 48.5 Å². The Balaban J connectivity index is 1.55. The first-order valence-corrected chi connectivity index (χ1v) is 8.12. The molecule has 0 aliphatic carbocycles. The minimum atomic E-state index is -0.416. The van der Waals surface area contributed by atoms with E-state index in [4.69, 9.17) is 9.47 Å². The Labute approximate surface area is 146 Å². The minimum Gasteiger partial charge on any atom is -0.493 e. The predicted molar refractivity (Wildman–Crippen MR) is 92.5 cm³/mol. The maximum Gasteiger partial charge on any atom is 0.242 e. The van der Waals surface area contributed by atoms with Gasteiger partial charge in [-0.15, -0.1) is 0 Å². The molecular weight excluding hydrogens is 320 g/mol. The maximum atomic E-state index is 12.0. The summed E-state index contributed by atoms with van der Waals surface area (Å²) in [5.74, 6) is 1.77. The third-order valence-electron chi connectivity index (χ3n) is 4.00. The van der Waals surface area contributed by atoms with Gasteiger partial charge in [0.2, 0.25) is 11.8 Å². The first kappa shape index (κ1) is 16.8. The summed E-state index contributed by atoms with van der Waals surface area (Å²) in [7, 11) is 1.60. The molecule has 3 rings (SSSR count). The lowest BCUT2D eigenvalue weighted by Gasteiger charge is -2.12. The molecule has 2 aromatic rings.